The Bertz CT molecular complexity index is 930. The average molecular weight is 461 g/mol. The van der Waals surface area contributed by atoms with Gasteiger partial charge in [0.05, 0.1) is 16.7 Å². The number of aliphatic hydroxyl groups excluding tert-OH is 1. The number of anilines is 1. The van der Waals surface area contributed by atoms with E-state index in [2.05, 4.69) is 11.8 Å². The van der Waals surface area contributed by atoms with E-state index in [1.54, 1.807) is 11.0 Å². The van der Waals surface area contributed by atoms with Crippen LogP contribution < -0.4 is 4.90 Å². The van der Waals surface area contributed by atoms with Crippen molar-refractivity contribution in [2.24, 2.45) is 11.3 Å². The fourth-order valence-corrected chi connectivity index (χ4v) is 4.95. The molecule has 0 unspecified atom stereocenters. The van der Waals surface area contributed by atoms with Crippen molar-refractivity contribution in [2.75, 3.05) is 24.5 Å². The number of rotatable bonds is 5. The van der Waals surface area contributed by atoms with Gasteiger partial charge in [0.15, 0.2) is 0 Å². The van der Waals surface area contributed by atoms with Crippen LogP contribution in [0.15, 0.2) is 6.07 Å². The van der Waals surface area contributed by atoms with E-state index in [1.165, 1.54) is 4.90 Å². The van der Waals surface area contributed by atoms with Gasteiger partial charge in [-0.25, -0.2) is 4.79 Å². The van der Waals surface area contributed by atoms with Crippen LogP contribution in [-0.4, -0.2) is 58.6 Å². The van der Waals surface area contributed by atoms with E-state index in [1.807, 2.05) is 20.8 Å². The summed E-state index contributed by atoms with van der Waals surface area (Å²) < 4.78 is 0. The molecule has 7 nitrogen and oxygen atoms in total. The van der Waals surface area contributed by atoms with E-state index in [0.29, 0.717) is 17.8 Å². The van der Waals surface area contributed by atoms with Gasteiger partial charge < -0.3 is 20.0 Å². The van der Waals surface area contributed by atoms with Crippen molar-refractivity contribution in [1.29, 1.82) is 0 Å². The van der Waals surface area contributed by atoms with Crippen LogP contribution in [0, 0.1) is 23.2 Å². The SMILES string of the molecule is CC(C)(C)C#Cc1cc(N(CC(=O)N2CC[C@H](O)C2)C(=O)C2CCCCC2)c(C(=O)O)s1. The summed E-state index contributed by atoms with van der Waals surface area (Å²) in [7, 11) is 0. The molecule has 1 aromatic heterocycles. The van der Waals surface area contributed by atoms with Gasteiger partial charge >= 0.3 is 5.97 Å². The average Bonchev–Trinajstić information content (AvgIpc) is 3.36. The quantitative estimate of drug-likeness (QED) is 0.657. The Morgan fingerprint density at radius 3 is 2.44 bits per heavy atom. The summed E-state index contributed by atoms with van der Waals surface area (Å²) in [5.74, 6) is 4.29. The second-order valence-corrected chi connectivity index (χ2v) is 10.7. The minimum atomic E-state index is -1.14. The molecule has 0 spiro atoms. The third-order valence-corrected chi connectivity index (χ3v) is 6.82. The number of aliphatic hydroxyl groups is 1. The van der Waals surface area contributed by atoms with Gasteiger partial charge in [0.25, 0.3) is 0 Å². The number of likely N-dealkylation sites (tertiary alicyclic amines) is 1. The lowest BCUT2D eigenvalue weighted by Gasteiger charge is -2.30. The Labute approximate surface area is 193 Å². The molecule has 1 aliphatic carbocycles. The Morgan fingerprint density at radius 2 is 1.88 bits per heavy atom. The standard InChI is InChI=1S/C24H32N2O5S/c1-24(2,3)11-9-18-13-19(21(32-18)23(30)31)26(22(29)16-7-5-4-6-8-16)15-20(28)25-12-10-17(27)14-25/h13,16-17,27H,4-8,10,12,14-15H2,1-3H3,(H,30,31)/t17-/m0/s1. The van der Waals surface area contributed by atoms with Gasteiger partial charge in [0.2, 0.25) is 11.8 Å². The number of carbonyl (C=O) groups excluding carboxylic acids is 2. The topological polar surface area (TPSA) is 98.2 Å². The van der Waals surface area contributed by atoms with Crippen LogP contribution in [0.5, 0.6) is 0 Å². The molecule has 1 aromatic rings. The molecule has 8 heteroatoms. The lowest BCUT2D eigenvalue weighted by molar-refractivity contribution is -0.131. The number of carboxylic acid groups (broad SMARTS) is 1. The molecule has 0 aromatic carbocycles. The smallest absolute Gasteiger partial charge is 0.348 e. The van der Waals surface area contributed by atoms with Crippen LogP contribution in [-0.2, 0) is 9.59 Å². The molecule has 0 radical (unpaired) electrons. The van der Waals surface area contributed by atoms with Gasteiger partial charge in [-0.1, -0.05) is 31.1 Å². The highest BCUT2D eigenvalue weighted by atomic mass is 32.1. The molecule has 2 amide bonds. The monoisotopic (exact) mass is 460 g/mol. The zero-order valence-electron chi connectivity index (χ0n) is 19.0. The second-order valence-electron chi connectivity index (χ2n) is 9.67. The Kier molecular flexibility index (Phi) is 7.63. The molecule has 1 atom stereocenters. The maximum atomic E-state index is 13.5. The van der Waals surface area contributed by atoms with Crippen molar-refractivity contribution in [3.63, 3.8) is 0 Å². The number of carboxylic acids is 1. The normalized spacial score (nSPS) is 19.4. The predicted octanol–water partition coefficient (Wildman–Crippen LogP) is 3.35. The van der Waals surface area contributed by atoms with Crippen LogP contribution in [0.25, 0.3) is 0 Å². The fraction of sp³-hybridized carbons (Fsp3) is 0.625. The molecule has 1 saturated heterocycles. The number of β-amino-alcohol motifs (C(OH)–C–C–N with tert-alkyl or cyclic N) is 1. The maximum Gasteiger partial charge on any atom is 0.348 e. The highest BCUT2D eigenvalue weighted by Crippen LogP contribution is 2.34. The molecule has 32 heavy (non-hydrogen) atoms. The maximum absolute atomic E-state index is 13.5. The number of amides is 2. The van der Waals surface area contributed by atoms with Crippen molar-refractivity contribution in [3.05, 3.63) is 15.8 Å². The Morgan fingerprint density at radius 1 is 1.19 bits per heavy atom. The summed E-state index contributed by atoms with van der Waals surface area (Å²) >= 11 is 1.03. The van der Waals surface area contributed by atoms with Crippen molar-refractivity contribution in [1.82, 2.24) is 4.90 Å². The molecule has 3 rings (SSSR count). The summed E-state index contributed by atoms with van der Waals surface area (Å²) in [6.07, 6.45) is 4.43. The largest absolute Gasteiger partial charge is 0.477 e. The molecular weight excluding hydrogens is 428 g/mol. The van der Waals surface area contributed by atoms with E-state index in [4.69, 9.17) is 0 Å². The van der Waals surface area contributed by atoms with Crippen molar-refractivity contribution < 1.29 is 24.6 Å². The molecule has 2 heterocycles. The molecule has 174 valence electrons. The first-order valence-electron chi connectivity index (χ1n) is 11.2. The summed E-state index contributed by atoms with van der Waals surface area (Å²) in [4.78, 5) is 41.9. The minimum absolute atomic E-state index is 0.0154. The van der Waals surface area contributed by atoms with Gasteiger partial charge in [0.1, 0.15) is 11.4 Å². The number of nitrogens with zero attached hydrogens (tertiary/aromatic N) is 2. The van der Waals surface area contributed by atoms with Crippen LogP contribution in [0.4, 0.5) is 5.69 Å². The minimum Gasteiger partial charge on any atom is -0.477 e. The third-order valence-electron chi connectivity index (χ3n) is 5.79. The number of carbonyl (C=O) groups is 3. The van der Waals surface area contributed by atoms with Gasteiger partial charge in [-0.05, 0) is 46.1 Å². The molecule has 2 aliphatic rings. The molecule has 2 N–H and O–H groups in total. The van der Waals surface area contributed by atoms with E-state index in [0.717, 1.165) is 43.4 Å². The molecule has 2 fully saturated rings. The Balaban J connectivity index is 1.96. The second kappa shape index (κ2) is 10.1. The first-order chi connectivity index (χ1) is 15.0. The van der Waals surface area contributed by atoms with E-state index in [9.17, 15) is 24.6 Å². The van der Waals surface area contributed by atoms with Crippen molar-refractivity contribution in [2.45, 2.75) is 65.4 Å². The van der Waals surface area contributed by atoms with E-state index < -0.39 is 12.1 Å². The van der Waals surface area contributed by atoms with Crippen molar-refractivity contribution >= 4 is 34.8 Å². The van der Waals surface area contributed by atoms with Crippen LogP contribution in [0.3, 0.4) is 0 Å². The zero-order valence-corrected chi connectivity index (χ0v) is 19.8. The summed E-state index contributed by atoms with van der Waals surface area (Å²) in [5, 5.41) is 19.6. The highest BCUT2D eigenvalue weighted by Gasteiger charge is 2.34. The number of aromatic carboxylic acids is 1. The third kappa shape index (κ3) is 6.11. The highest BCUT2D eigenvalue weighted by molar-refractivity contribution is 7.15. The fourth-order valence-electron chi connectivity index (χ4n) is 4.10. The van der Waals surface area contributed by atoms with Gasteiger partial charge in [0, 0.05) is 24.4 Å². The van der Waals surface area contributed by atoms with Gasteiger partial charge in [-0.15, -0.1) is 11.3 Å². The summed E-state index contributed by atoms with van der Waals surface area (Å²) in [6, 6.07) is 1.62. The summed E-state index contributed by atoms with van der Waals surface area (Å²) in [6.45, 7) is 6.34. The van der Waals surface area contributed by atoms with E-state index in [-0.39, 0.29) is 46.8 Å². The molecule has 0 bridgehead atoms. The molecule has 1 saturated carbocycles. The predicted molar refractivity (Wildman–Crippen MR) is 124 cm³/mol. The molecular formula is C24H32N2O5S. The summed E-state index contributed by atoms with van der Waals surface area (Å²) in [5.41, 5.74) is -0.0121. The van der Waals surface area contributed by atoms with Crippen molar-refractivity contribution in [3.8, 4) is 11.8 Å². The zero-order chi connectivity index (χ0) is 23.5. The van der Waals surface area contributed by atoms with Crippen LogP contribution in [0.1, 0.15) is 73.8 Å². The van der Waals surface area contributed by atoms with Crippen LogP contribution >= 0.6 is 11.3 Å². The number of thiophene rings is 1. The van der Waals surface area contributed by atoms with Gasteiger partial charge in [-0.3, -0.25) is 9.59 Å². The van der Waals surface area contributed by atoms with Gasteiger partial charge in [-0.2, -0.15) is 0 Å². The lowest BCUT2D eigenvalue weighted by atomic mass is 9.88. The van der Waals surface area contributed by atoms with E-state index >= 15 is 0 Å². The first-order valence-corrected chi connectivity index (χ1v) is 12.0. The number of hydrogen-bond acceptors (Lipinski definition) is 5. The number of hydrogen-bond donors (Lipinski definition) is 2. The lowest BCUT2D eigenvalue weighted by Crippen LogP contribution is -2.45. The van der Waals surface area contributed by atoms with Crippen LogP contribution in [0.2, 0.25) is 0 Å². The first kappa shape index (κ1) is 24.3. The molecule has 1 aliphatic heterocycles. The Hall–Kier alpha value is -2.37.